The van der Waals surface area contributed by atoms with Gasteiger partial charge >= 0.3 is 12.2 Å². The van der Waals surface area contributed by atoms with Crippen LogP contribution in [0.25, 0.3) is 11.3 Å². The normalized spacial score (nSPS) is 23.0. The molecule has 3 N–H and O–H groups in total. The second-order valence-electron chi connectivity index (χ2n) is 7.37. The Kier molecular flexibility index (Phi) is 5.90. The molecule has 1 aliphatic rings. The number of nitrogens with one attached hydrogen (secondary N) is 2. The first-order valence-corrected chi connectivity index (χ1v) is 10.3. The molecule has 11 heteroatoms. The molecule has 33 heavy (non-hydrogen) atoms. The summed E-state index contributed by atoms with van der Waals surface area (Å²) < 4.78 is 47.6. The lowest BCUT2D eigenvalue weighted by molar-refractivity contribution is -0.288. The van der Waals surface area contributed by atoms with Gasteiger partial charge < -0.3 is 20.2 Å². The molecule has 4 rings (SSSR count). The van der Waals surface area contributed by atoms with E-state index in [4.69, 9.17) is 27.6 Å². The van der Waals surface area contributed by atoms with E-state index in [1.807, 2.05) is 0 Å². The van der Waals surface area contributed by atoms with Crippen molar-refractivity contribution in [3.05, 3.63) is 82.0 Å². The Morgan fingerprint density at radius 2 is 1.76 bits per heavy atom. The van der Waals surface area contributed by atoms with E-state index in [9.17, 15) is 27.9 Å². The van der Waals surface area contributed by atoms with Crippen LogP contribution in [-0.4, -0.2) is 28.8 Å². The SMILES string of the molecule is O=C1NC(c2ccc(-c3cc(Cl)ccc3Cl)o2)C(C(=O)c2ccccc2)C(O)(C(F)(F)F)N1. The second kappa shape index (κ2) is 8.40. The molecule has 1 aromatic heterocycles. The van der Waals surface area contributed by atoms with E-state index < -0.39 is 35.7 Å². The molecule has 3 atom stereocenters. The van der Waals surface area contributed by atoms with Crippen LogP contribution in [0.1, 0.15) is 22.2 Å². The highest BCUT2D eigenvalue weighted by atomic mass is 35.5. The van der Waals surface area contributed by atoms with Gasteiger partial charge in [-0.25, -0.2) is 4.79 Å². The molecule has 1 saturated heterocycles. The van der Waals surface area contributed by atoms with Gasteiger partial charge in [-0.15, -0.1) is 0 Å². The molecule has 0 saturated carbocycles. The van der Waals surface area contributed by atoms with Crippen LogP contribution in [-0.2, 0) is 0 Å². The van der Waals surface area contributed by atoms with Crippen LogP contribution >= 0.6 is 23.2 Å². The zero-order valence-electron chi connectivity index (χ0n) is 16.5. The predicted octanol–water partition coefficient (Wildman–Crippen LogP) is 5.36. The van der Waals surface area contributed by atoms with E-state index in [-0.39, 0.29) is 22.1 Å². The number of ketones is 1. The lowest BCUT2D eigenvalue weighted by atomic mass is 9.79. The zero-order valence-corrected chi connectivity index (χ0v) is 18.0. The Morgan fingerprint density at radius 3 is 2.42 bits per heavy atom. The summed E-state index contributed by atoms with van der Waals surface area (Å²) in [5.74, 6) is -3.29. The fourth-order valence-electron chi connectivity index (χ4n) is 3.71. The Balaban J connectivity index is 1.83. The fourth-order valence-corrected chi connectivity index (χ4v) is 4.09. The van der Waals surface area contributed by atoms with E-state index in [1.165, 1.54) is 53.8 Å². The van der Waals surface area contributed by atoms with E-state index >= 15 is 0 Å². The van der Waals surface area contributed by atoms with Crippen LogP contribution < -0.4 is 10.6 Å². The molecule has 3 aromatic rings. The van der Waals surface area contributed by atoms with Crippen molar-refractivity contribution in [1.29, 1.82) is 0 Å². The number of hydrogen-bond donors (Lipinski definition) is 3. The molecule has 2 heterocycles. The van der Waals surface area contributed by atoms with Crippen LogP contribution in [0.4, 0.5) is 18.0 Å². The van der Waals surface area contributed by atoms with Crippen molar-refractivity contribution in [2.24, 2.45) is 5.92 Å². The van der Waals surface area contributed by atoms with Crippen molar-refractivity contribution < 1.29 is 32.3 Å². The van der Waals surface area contributed by atoms with Crippen LogP contribution in [0, 0.1) is 5.92 Å². The molecule has 1 aliphatic heterocycles. The molecule has 0 radical (unpaired) electrons. The molecule has 1 fully saturated rings. The van der Waals surface area contributed by atoms with Crippen molar-refractivity contribution in [1.82, 2.24) is 10.6 Å². The minimum Gasteiger partial charge on any atom is -0.459 e. The fraction of sp³-hybridized carbons (Fsp3) is 0.182. The van der Waals surface area contributed by atoms with Gasteiger partial charge in [-0.1, -0.05) is 53.5 Å². The van der Waals surface area contributed by atoms with Gasteiger partial charge in [0.15, 0.2) is 5.78 Å². The van der Waals surface area contributed by atoms with E-state index in [0.717, 1.165) is 0 Å². The number of Topliss-reactive ketones (excluding diaryl/α,β-unsaturated/α-hetero) is 1. The smallest absolute Gasteiger partial charge is 0.437 e. The summed E-state index contributed by atoms with van der Waals surface area (Å²) in [6.07, 6.45) is -5.37. The maximum Gasteiger partial charge on any atom is 0.437 e. The van der Waals surface area contributed by atoms with Gasteiger partial charge in [-0.2, -0.15) is 13.2 Å². The topological polar surface area (TPSA) is 91.6 Å². The van der Waals surface area contributed by atoms with Gasteiger partial charge in [0.25, 0.3) is 0 Å². The largest absolute Gasteiger partial charge is 0.459 e. The molecular weight excluding hydrogens is 484 g/mol. The highest BCUT2D eigenvalue weighted by Gasteiger charge is 2.66. The van der Waals surface area contributed by atoms with Crippen LogP contribution in [0.15, 0.2) is 65.1 Å². The summed E-state index contributed by atoms with van der Waals surface area (Å²) in [6.45, 7) is 0. The van der Waals surface area contributed by atoms with Gasteiger partial charge in [0.1, 0.15) is 23.5 Å². The van der Waals surface area contributed by atoms with Crippen molar-refractivity contribution in [3.63, 3.8) is 0 Å². The number of halogens is 5. The lowest BCUT2D eigenvalue weighted by Gasteiger charge is -2.44. The molecule has 0 bridgehead atoms. The van der Waals surface area contributed by atoms with Crippen molar-refractivity contribution >= 4 is 35.0 Å². The van der Waals surface area contributed by atoms with Crippen LogP contribution in [0.2, 0.25) is 10.0 Å². The highest BCUT2D eigenvalue weighted by molar-refractivity contribution is 6.35. The van der Waals surface area contributed by atoms with Crippen molar-refractivity contribution in [2.45, 2.75) is 17.9 Å². The standard InChI is InChI=1S/C22H15Cl2F3N2O4/c23-12-6-7-14(24)13(10-12)15-8-9-16(33-15)18-17(19(30)11-4-2-1-3-5-11)21(32,22(25,26)27)29-20(31)28-18/h1-10,17-18,32H,(H2,28,29,31). The van der Waals surface area contributed by atoms with E-state index in [1.54, 1.807) is 12.1 Å². The third-order valence-electron chi connectivity index (χ3n) is 5.27. The summed E-state index contributed by atoms with van der Waals surface area (Å²) in [5.41, 5.74) is -3.58. The third-order valence-corrected chi connectivity index (χ3v) is 5.84. The Labute approximate surface area is 195 Å². The number of furan rings is 1. The van der Waals surface area contributed by atoms with Gasteiger partial charge in [-0.05, 0) is 30.3 Å². The van der Waals surface area contributed by atoms with Crippen LogP contribution in [0.5, 0.6) is 0 Å². The minimum absolute atomic E-state index is 0.0854. The first-order chi connectivity index (χ1) is 15.5. The molecule has 6 nitrogen and oxygen atoms in total. The Bertz CT molecular complexity index is 1220. The molecular formula is C22H15Cl2F3N2O4. The second-order valence-corrected chi connectivity index (χ2v) is 8.22. The van der Waals surface area contributed by atoms with Gasteiger partial charge in [-0.3, -0.25) is 4.79 Å². The molecule has 3 unspecified atom stereocenters. The maximum absolute atomic E-state index is 14.0. The summed E-state index contributed by atoms with van der Waals surface area (Å²) in [5, 5.41) is 14.9. The highest BCUT2D eigenvalue weighted by Crippen LogP contribution is 2.45. The third kappa shape index (κ3) is 4.19. The number of hydrogen-bond acceptors (Lipinski definition) is 4. The number of alkyl halides is 3. The van der Waals surface area contributed by atoms with Crippen molar-refractivity contribution in [3.8, 4) is 11.3 Å². The van der Waals surface area contributed by atoms with E-state index in [2.05, 4.69) is 5.32 Å². The monoisotopic (exact) mass is 498 g/mol. The van der Waals surface area contributed by atoms with Crippen molar-refractivity contribution in [2.75, 3.05) is 0 Å². The zero-order chi connectivity index (χ0) is 24.0. The molecule has 172 valence electrons. The predicted molar refractivity (Wildman–Crippen MR) is 114 cm³/mol. The van der Waals surface area contributed by atoms with Gasteiger partial charge in [0.2, 0.25) is 5.72 Å². The molecule has 0 spiro atoms. The number of carbonyl (C=O) groups is 2. The Morgan fingerprint density at radius 1 is 1.06 bits per heavy atom. The average Bonchev–Trinajstić information content (AvgIpc) is 3.24. The average molecular weight is 499 g/mol. The first-order valence-electron chi connectivity index (χ1n) is 9.53. The number of benzene rings is 2. The number of aliphatic hydroxyl groups is 1. The summed E-state index contributed by atoms with van der Waals surface area (Å²) >= 11 is 12.2. The maximum atomic E-state index is 14.0. The molecule has 2 aromatic carbocycles. The number of urea groups is 1. The lowest BCUT2D eigenvalue weighted by Crippen LogP contribution is -2.72. The molecule has 2 amide bonds. The molecule has 0 aliphatic carbocycles. The quantitative estimate of drug-likeness (QED) is 0.422. The Hall–Kier alpha value is -3.01. The number of amides is 2. The van der Waals surface area contributed by atoms with Crippen LogP contribution in [0.3, 0.4) is 0 Å². The number of carbonyl (C=O) groups excluding carboxylic acids is 2. The summed E-state index contributed by atoms with van der Waals surface area (Å²) in [6, 6.07) is 11.4. The van der Waals surface area contributed by atoms with Gasteiger partial charge in [0.05, 0.1) is 5.02 Å². The van der Waals surface area contributed by atoms with Gasteiger partial charge in [0, 0.05) is 16.1 Å². The van der Waals surface area contributed by atoms with E-state index in [0.29, 0.717) is 10.6 Å². The summed E-state index contributed by atoms with van der Waals surface area (Å²) in [7, 11) is 0. The number of rotatable bonds is 4. The summed E-state index contributed by atoms with van der Waals surface area (Å²) in [4.78, 5) is 25.3. The minimum atomic E-state index is -5.37. The first kappa shape index (κ1) is 23.2.